The number of rotatable bonds is 12. The minimum atomic E-state index is -4.83. The molecular formula is C29H38F5N5O5Si. The number of morpholine rings is 1. The predicted molar refractivity (Wildman–Crippen MR) is 160 cm³/mol. The van der Waals surface area contributed by atoms with Crippen LogP contribution in [0.5, 0.6) is 11.5 Å². The van der Waals surface area contributed by atoms with Crippen molar-refractivity contribution in [2.45, 2.75) is 51.1 Å². The number of amides is 2. The van der Waals surface area contributed by atoms with Crippen LogP contribution in [-0.2, 0) is 22.4 Å². The number of halogens is 5. The number of aromatic nitrogens is 2. The summed E-state index contributed by atoms with van der Waals surface area (Å²) in [5.41, 5.74) is -2.80. The number of benzene rings is 1. The van der Waals surface area contributed by atoms with Gasteiger partial charge in [0.1, 0.15) is 18.1 Å². The molecule has 3 heterocycles. The zero-order valence-corrected chi connectivity index (χ0v) is 26.6. The molecule has 1 fully saturated rings. The van der Waals surface area contributed by atoms with Crippen LogP contribution in [0.15, 0.2) is 30.6 Å². The Morgan fingerprint density at radius 3 is 2.44 bits per heavy atom. The Kier molecular flexibility index (Phi) is 10.7. The Bertz CT molecular complexity index is 1470. The minimum absolute atomic E-state index is 0.131. The van der Waals surface area contributed by atoms with Gasteiger partial charge in [-0.25, -0.2) is 18.6 Å². The molecule has 248 valence electrons. The number of hydrogen-bond donors (Lipinski definition) is 3. The fourth-order valence-electron chi connectivity index (χ4n) is 4.71. The largest absolute Gasteiger partial charge is 0.450 e. The summed E-state index contributed by atoms with van der Waals surface area (Å²) < 4.78 is 89.7. The van der Waals surface area contributed by atoms with E-state index in [1.54, 1.807) is 6.92 Å². The van der Waals surface area contributed by atoms with Gasteiger partial charge in [0.15, 0.2) is 17.4 Å². The number of alkyl halides is 3. The Morgan fingerprint density at radius 2 is 1.82 bits per heavy atom. The number of β-amino-alcohol motifs (C(OH)–C–C–N with tert-alkyl or cyclic N) is 1. The summed E-state index contributed by atoms with van der Waals surface area (Å²) in [7, 11) is -1.43. The van der Waals surface area contributed by atoms with Crippen LogP contribution in [0.4, 0.5) is 32.4 Å². The molecule has 2 amide bonds. The van der Waals surface area contributed by atoms with Crippen molar-refractivity contribution in [3.8, 4) is 11.5 Å². The van der Waals surface area contributed by atoms with Crippen molar-refractivity contribution in [3.05, 3.63) is 47.8 Å². The van der Waals surface area contributed by atoms with Gasteiger partial charge >= 0.3 is 12.2 Å². The van der Waals surface area contributed by atoms with E-state index in [0.717, 1.165) is 30.4 Å². The van der Waals surface area contributed by atoms with E-state index in [-0.39, 0.29) is 31.2 Å². The van der Waals surface area contributed by atoms with Crippen molar-refractivity contribution < 1.29 is 46.1 Å². The fraction of sp³-hybridized carbons (Fsp3) is 0.517. The van der Waals surface area contributed by atoms with Gasteiger partial charge in [0.05, 0.1) is 29.8 Å². The Morgan fingerprint density at radius 1 is 1.16 bits per heavy atom. The first-order valence-corrected chi connectivity index (χ1v) is 18.1. The van der Waals surface area contributed by atoms with Crippen molar-refractivity contribution in [1.29, 1.82) is 0 Å². The molecule has 0 saturated carbocycles. The molecule has 1 aliphatic rings. The first-order chi connectivity index (χ1) is 21.0. The van der Waals surface area contributed by atoms with Crippen LogP contribution in [0, 0.1) is 11.6 Å². The van der Waals surface area contributed by atoms with Crippen molar-refractivity contribution >= 4 is 30.8 Å². The van der Waals surface area contributed by atoms with Crippen LogP contribution < -0.4 is 15.4 Å². The van der Waals surface area contributed by atoms with Crippen molar-refractivity contribution in [2.24, 2.45) is 0 Å². The molecule has 45 heavy (non-hydrogen) atoms. The number of ether oxygens (including phenoxy) is 3. The molecule has 1 aliphatic heterocycles. The smallest absolute Gasteiger partial charge is 0.418 e. The topological polar surface area (TPSA) is 110 Å². The third-order valence-electron chi connectivity index (χ3n) is 7.02. The number of urea groups is 1. The van der Waals surface area contributed by atoms with E-state index >= 15 is 8.78 Å². The van der Waals surface area contributed by atoms with Crippen LogP contribution >= 0.6 is 0 Å². The average molecular weight is 660 g/mol. The SMILES string of the molecule is CC(O)(CNC(=O)Nc1cc(F)c(Oc2ccnc3c2c(C(F)(F)F)cn3COCC[Si](C)(C)C)c(F)c1)CN1CCOCC1. The number of hydrogen-bond acceptors (Lipinski definition) is 7. The molecule has 1 unspecified atom stereocenters. The van der Waals surface area contributed by atoms with E-state index in [2.05, 4.69) is 35.3 Å². The molecule has 0 aliphatic carbocycles. The van der Waals surface area contributed by atoms with Crippen LogP contribution in [0.25, 0.3) is 11.0 Å². The monoisotopic (exact) mass is 659 g/mol. The first-order valence-electron chi connectivity index (χ1n) is 14.4. The number of carbonyl (C=O) groups is 1. The van der Waals surface area contributed by atoms with Gasteiger partial charge in [0.2, 0.25) is 0 Å². The molecule has 3 N–H and O–H groups in total. The second kappa shape index (κ2) is 14.0. The van der Waals surface area contributed by atoms with Gasteiger partial charge in [-0.1, -0.05) is 19.6 Å². The molecule has 0 spiro atoms. The number of nitrogens with one attached hydrogen (secondary N) is 2. The highest BCUT2D eigenvalue weighted by Gasteiger charge is 2.37. The van der Waals surface area contributed by atoms with Crippen molar-refractivity contribution in [2.75, 3.05) is 51.3 Å². The quantitative estimate of drug-likeness (QED) is 0.131. The van der Waals surface area contributed by atoms with E-state index in [0.29, 0.717) is 32.9 Å². The van der Waals surface area contributed by atoms with E-state index in [4.69, 9.17) is 14.2 Å². The lowest BCUT2D eigenvalue weighted by Gasteiger charge is -2.33. The Hall–Kier alpha value is -3.31. The van der Waals surface area contributed by atoms with E-state index in [1.807, 2.05) is 4.90 Å². The molecule has 0 bridgehead atoms. The summed E-state index contributed by atoms with van der Waals surface area (Å²) in [6.45, 7) is 10.6. The maximum absolute atomic E-state index is 15.1. The number of pyridine rings is 1. The van der Waals surface area contributed by atoms with Crippen molar-refractivity contribution in [1.82, 2.24) is 19.8 Å². The summed E-state index contributed by atoms with van der Waals surface area (Å²) in [5.74, 6) is -3.96. The molecule has 0 radical (unpaired) electrons. The lowest BCUT2D eigenvalue weighted by Crippen LogP contribution is -2.51. The summed E-state index contributed by atoms with van der Waals surface area (Å²) in [5, 5.41) is 14.9. The number of aliphatic hydroxyl groups is 1. The lowest BCUT2D eigenvalue weighted by atomic mass is 10.1. The molecule has 10 nitrogen and oxygen atoms in total. The van der Waals surface area contributed by atoms with Crippen LogP contribution in [0.3, 0.4) is 0 Å². The second-order valence-corrected chi connectivity index (χ2v) is 18.1. The van der Waals surface area contributed by atoms with Gasteiger partial charge in [-0.15, -0.1) is 0 Å². The van der Waals surface area contributed by atoms with E-state index in [9.17, 15) is 23.1 Å². The summed E-state index contributed by atoms with van der Waals surface area (Å²) in [6.07, 6.45) is -2.83. The van der Waals surface area contributed by atoms with Gasteiger partial charge < -0.3 is 34.5 Å². The fourth-order valence-corrected chi connectivity index (χ4v) is 5.46. The van der Waals surface area contributed by atoms with Gasteiger partial charge in [-0.2, -0.15) is 13.2 Å². The summed E-state index contributed by atoms with van der Waals surface area (Å²) >= 11 is 0. The maximum Gasteiger partial charge on any atom is 0.418 e. The van der Waals surface area contributed by atoms with Gasteiger partial charge in [0.25, 0.3) is 0 Å². The third-order valence-corrected chi connectivity index (χ3v) is 8.72. The third kappa shape index (κ3) is 9.59. The van der Waals surface area contributed by atoms with Crippen LogP contribution in [0.1, 0.15) is 12.5 Å². The zero-order chi connectivity index (χ0) is 33.0. The molecule has 16 heteroatoms. The summed E-state index contributed by atoms with van der Waals surface area (Å²) in [6, 6.07) is 2.59. The maximum atomic E-state index is 15.1. The number of carbonyl (C=O) groups excluding carboxylic acids is 1. The van der Waals surface area contributed by atoms with E-state index < -0.39 is 60.0 Å². The molecule has 4 rings (SSSR count). The van der Waals surface area contributed by atoms with Crippen LogP contribution in [0.2, 0.25) is 25.7 Å². The number of nitrogens with zero attached hydrogens (tertiary/aromatic N) is 3. The highest BCUT2D eigenvalue weighted by Crippen LogP contribution is 2.42. The summed E-state index contributed by atoms with van der Waals surface area (Å²) in [4.78, 5) is 18.4. The van der Waals surface area contributed by atoms with Crippen LogP contribution in [-0.4, -0.2) is 85.3 Å². The lowest BCUT2D eigenvalue weighted by molar-refractivity contribution is -0.136. The zero-order valence-electron chi connectivity index (χ0n) is 25.6. The van der Waals surface area contributed by atoms with Gasteiger partial charge in [-0.05, 0) is 19.0 Å². The number of anilines is 1. The Balaban J connectivity index is 1.47. The number of fused-ring (bicyclic) bond motifs is 1. The minimum Gasteiger partial charge on any atom is -0.450 e. The average Bonchev–Trinajstić information content (AvgIpc) is 3.32. The molecular weight excluding hydrogens is 621 g/mol. The first kappa shape index (κ1) is 34.6. The van der Waals surface area contributed by atoms with Gasteiger partial charge in [-0.3, -0.25) is 4.90 Å². The molecule has 1 saturated heterocycles. The molecule has 3 aromatic rings. The van der Waals surface area contributed by atoms with E-state index in [1.165, 1.54) is 10.8 Å². The molecule has 1 aromatic carbocycles. The predicted octanol–water partition coefficient (Wildman–Crippen LogP) is 5.64. The standard InChI is InChI=1S/C29H38F5N5O5Si/c1-28(41,17-38-7-9-42-10-8-38)16-36-27(40)37-19-13-21(30)25(22(31)14-19)44-23-5-6-35-26-24(23)20(29(32,33)34)15-39(26)18-43-11-12-45(2,3)4/h5-6,13-15,41H,7-12,16-18H2,1-4H3,(H2,36,37,40). The van der Waals surface area contributed by atoms with Gasteiger partial charge in [0, 0.05) is 71.1 Å². The second-order valence-electron chi connectivity index (χ2n) is 12.4. The van der Waals surface area contributed by atoms with Crippen molar-refractivity contribution in [3.63, 3.8) is 0 Å². The Labute approximate surface area is 258 Å². The normalized spacial score (nSPS) is 16.0. The molecule has 1 atom stereocenters. The highest BCUT2D eigenvalue weighted by molar-refractivity contribution is 6.76. The highest BCUT2D eigenvalue weighted by atomic mass is 28.3. The molecule has 2 aromatic heterocycles.